The van der Waals surface area contributed by atoms with Gasteiger partial charge in [-0.2, -0.15) is 0 Å². The highest BCUT2D eigenvalue weighted by molar-refractivity contribution is 5.84. The first-order valence-electron chi connectivity index (χ1n) is 12.9. The summed E-state index contributed by atoms with van der Waals surface area (Å²) in [6, 6.07) is 22.6. The van der Waals surface area contributed by atoms with Gasteiger partial charge in [0.2, 0.25) is 0 Å². The molecule has 0 spiro atoms. The van der Waals surface area contributed by atoms with Gasteiger partial charge < -0.3 is 0 Å². The smallest absolute Gasteiger partial charge is 0.0255 e. The summed E-state index contributed by atoms with van der Waals surface area (Å²) < 4.78 is 0. The lowest BCUT2D eigenvalue weighted by molar-refractivity contribution is 0.319. The van der Waals surface area contributed by atoms with Crippen molar-refractivity contribution < 1.29 is 0 Å². The second kappa shape index (κ2) is 11.4. The van der Waals surface area contributed by atoms with Crippen molar-refractivity contribution in [3.05, 3.63) is 82.9 Å². The van der Waals surface area contributed by atoms with Crippen molar-refractivity contribution >= 4 is 10.8 Å². The highest BCUT2D eigenvalue weighted by atomic mass is 14.3. The van der Waals surface area contributed by atoms with E-state index >= 15 is 0 Å². The van der Waals surface area contributed by atoms with Crippen LogP contribution in [0.25, 0.3) is 10.8 Å². The average Bonchev–Trinajstić information content (AvgIpc) is 2.85. The van der Waals surface area contributed by atoms with Crippen LogP contribution >= 0.6 is 0 Å². The zero-order valence-electron chi connectivity index (χ0n) is 20.0. The zero-order chi connectivity index (χ0) is 22.2. The molecule has 4 rings (SSSR count). The van der Waals surface area contributed by atoms with Crippen molar-refractivity contribution in [3.8, 4) is 11.8 Å². The molecule has 32 heavy (non-hydrogen) atoms. The van der Waals surface area contributed by atoms with Gasteiger partial charge in [-0.05, 0) is 96.5 Å². The Hall–Kier alpha value is -2.52. The fourth-order valence-electron chi connectivity index (χ4n) is 5.17. The standard InChI is InChI=1S/C32H38/c1-3-5-6-7-8-27-15-21-32-24-28(16-22-31(32)23-27)10-9-26-13-19-30(20-14-26)29-17-11-25(4-2)12-18-29/h13-16,19-25,29H,3-8,11-12,17-18H2,1-2H3. The van der Waals surface area contributed by atoms with Gasteiger partial charge >= 0.3 is 0 Å². The molecule has 0 aromatic heterocycles. The Morgan fingerprint density at radius 2 is 1.38 bits per heavy atom. The van der Waals surface area contributed by atoms with E-state index in [-0.39, 0.29) is 0 Å². The third-order valence-electron chi connectivity index (χ3n) is 7.38. The van der Waals surface area contributed by atoms with E-state index in [9.17, 15) is 0 Å². The summed E-state index contributed by atoms with van der Waals surface area (Å²) in [5.41, 5.74) is 5.16. The molecule has 0 amide bonds. The zero-order valence-corrected chi connectivity index (χ0v) is 20.0. The maximum atomic E-state index is 3.38. The summed E-state index contributed by atoms with van der Waals surface area (Å²) in [6.45, 7) is 4.60. The first-order chi connectivity index (χ1) is 15.7. The van der Waals surface area contributed by atoms with E-state index in [0.717, 1.165) is 23.0 Å². The van der Waals surface area contributed by atoms with Gasteiger partial charge in [-0.15, -0.1) is 0 Å². The molecule has 0 aliphatic heterocycles. The van der Waals surface area contributed by atoms with E-state index in [0.29, 0.717) is 0 Å². The number of fused-ring (bicyclic) bond motifs is 1. The highest BCUT2D eigenvalue weighted by Gasteiger charge is 2.20. The largest absolute Gasteiger partial charge is 0.0654 e. The Morgan fingerprint density at radius 3 is 2.12 bits per heavy atom. The van der Waals surface area contributed by atoms with Crippen LogP contribution in [0, 0.1) is 17.8 Å². The minimum atomic E-state index is 0.747. The van der Waals surface area contributed by atoms with Crippen molar-refractivity contribution in [2.75, 3.05) is 0 Å². The molecule has 3 aromatic carbocycles. The van der Waals surface area contributed by atoms with Crippen molar-refractivity contribution in [1.82, 2.24) is 0 Å². The minimum Gasteiger partial charge on any atom is -0.0654 e. The van der Waals surface area contributed by atoms with Gasteiger partial charge in [0.05, 0.1) is 0 Å². The van der Waals surface area contributed by atoms with E-state index in [4.69, 9.17) is 0 Å². The molecular weight excluding hydrogens is 384 g/mol. The van der Waals surface area contributed by atoms with E-state index < -0.39 is 0 Å². The van der Waals surface area contributed by atoms with Gasteiger partial charge in [0.15, 0.2) is 0 Å². The van der Waals surface area contributed by atoms with Crippen molar-refractivity contribution in [1.29, 1.82) is 0 Å². The summed E-state index contributed by atoms with van der Waals surface area (Å²) in [5, 5.41) is 2.61. The van der Waals surface area contributed by atoms with Gasteiger partial charge in [-0.1, -0.05) is 87.8 Å². The quantitative estimate of drug-likeness (QED) is 0.263. The monoisotopic (exact) mass is 422 g/mol. The molecule has 0 atom stereocenters. The first-order valence-corrected chi connectivity index (χ1v) is 12.9. The van der Waals surface area contributed by atoms with Gasteiger partial charge in [0.1, 0.15) is 0 Å². The summed E-state index contributed by atoms with van der Waals surface area (Å²) in [7, 11) is 0. The van der Waals surface area contributed by atoms with Crippen LogP contribution in [0.5, 0.6) is 0 Å². The Bertz CT molecular complexity index is 1050. The number of unbranched alkanes of at least 4 members (excludes halogenated alkanes) is 3. The molecule has 1 fully saturated rings. The molecule has 1 aliphatic carbocycles. The second-order valence-electron chi connectivity index (χ2n) is 9.70. The molecule has 1 aliphatic rings. The molecule has 0 radical (unpaired) electrons. The van der Waals surface area contributed by atoms with Crippen LogP contribution in [0.3, 0.4) is 0 Å². The fourth-order valence-corrected chi connectivity index (χ4v) is 5.17. The maximum absolute atomic E-state index is 3.38. The van der Waals surface area contributed by atoms with Gasteiger partial charge in [-0.25, -0.2) is 0 Å². The average molecular weight is 423 g/mol. The Morgan fingerprint density at radius 1 is 0.688 bits per heavy atom. The second-order valence-corrected chi connectivity index (χ2v) is 9.70. The van der Waals surface area contributed by atoms with Crippen LogP contribution in [0.2, 0.25) is 0 Å². The normalized spacial score (nSPS) is 18.3. The predicted octanol–water partition coefficient (Wildman–Crippen LogP) is 9.05. The van der Waals surface area contributed by atoms with Crippen LogP contribution in [0.15, 0.2) is 60.7 Å². The van der Waals surface area contributed by atoms with Crippen molar-refractivity contribution in [3.63, 3.8) is 0 Å². The van der Waals surface area contributed by atoms with E-state index in [1.54, 1.807) is 0 Å². The molecule has 0 heterocycles. The lowest BCUT2D eigenvalue weighted by Crippen LogP contribution is -2.12. The molecule has 0 N–H and O–H groups in total. The summed E-state index contributed by atoms with van der Waals surface area (Å²) in [5.74, 6) is 8.45. The molecule has 166 valence electrons. The number of hydrogen-bond acceptors (Lipinski definition) is 0. The number of rotatable bonds is 7. The predicted molar refractivity (Wildman–Crippen MR) is 139 cm³/mol. The van der Waals surface area contributed by atoms with Crippen LogP contribution in [-0.2, 0) is 6.42 Å². The van der Waals surface area contributed by atoms with E-state index in [1.807, 2.05) is 0 Å². The summed E-state index contributed by atoms with van der Waals surface area (Å²) in [4.78, 5) is 0. The third-order valence-corrected chi connectivity index (χ3v) is 7.38. The number of aryl methyl sites for hydroxylation is 1. The van der Waals surface area contributed by atoms with Gasteiger partial charge in [-0.3, -0.25) is 0 Å². The molecule has 1 saturated carbocycles. The summed E-state index contributed by atoms with van der Waals surface area (Å²) >= 11 is 0. The molecule has 0 saturated heterocycles. The topological polar surface area (TPSA) is 0 Å². The van der Waals surface area contributed by atoms with Gasteiger partial charge in [0.25, 0.3) is 0 Å². The number of hydrogen-bond donors (Lipinski definition) is 0. The molecule has 0 unspecified atom stereocenters. The molecule has 0 bridgehead atoms. The van der Waals surface area contributed by atoms with Crippen LogP contribution in [0.1, 0.15) is 99.8 Å². The van der Waals surface area contributed by atoms with Crippen LogP contribution in [-0.4, -0.2) is 0 Å². The minimum absolute atomic E-state index is 0.747. The van der Waals surface area contributed by atoms with E-state index in [2.05, 4.69) is 86.4 Å². The van der Waals surface area contributed by atoms with Crippen molar-refractivity contribution in [2.24, 2.45) is 5.92 Å². The summed E-state index contributed by atoms with van der Waals surface area (Å²) in [6.07, 6.45) is 13.3. The third kappa shape index (κ3) is 6.04. The first kappa shape index (κ1) is 22.7. The maximum Gasteiger partial charge on any atom is 0.0255 e. The lowest BCUT2D eigenvalue weighted by atomic mass is 9.78. The lowest BCUT2D eigenvalue weighted by Gasteiger charge is -2.28. The highest BCUT2D eigenvalue weighted by Crippen LogP contribution is 2.36. The van der Waals surface area contributed by atoms with E-state index in [1.165, 1.54) is 86.1 Å². The van der Waals surface area contributed by atoms with Crippen molar-refractivity contribution in [2.45, 2.75) is 84.0 Å². The molecule has 0 nitrogen and oxygen atoms in total. The fraction of sp³-hybridized carbons (Fsp3) is 0.438. The Balaban J connectivity index is 1.39. The molecular formula is C32H38. The molecule has 3 aromatic rings. The SMILES string of the molecule is CCCCCCc1ccc2cc(C#Cc3ccc(C4CCC(CC)CC4)cc3)ccc2c1. The van der Waals surface area contributed by atoms with Crippen LogP contribution < -0.4 is 0 Å². The molecule has 0 heteroatoms. The van der Waals surface area contributed by atoms with Crippen LogP contribution in [0.4, 0.5) is 0 Å². The van der Waals surface area contributed by atoms with Gasteiger partial charge in [0, 0.05) is 11.1 Å². The Labute approximate surface area is 195 Å². The Kier molecular flexibility index (Phi) is 8.06. The number of benzene rings is 3.